The molecule has 1 aromatic rings. The number of rotatable bonds is 3. The summed E-state index contributed by atoms with van der Waals surface area (Å²) in [7, 11) is -3.12. The maximum Gasteiger partial charge on any atom is 0.175 e. The van der Waals surface area contributed by atoms with Crippen molar-refractivity contribution in [3.8, 4) is 11.8 Å². The van der Waals surface area contributed by atoms with Crippen LogP contribution >= 0.6 is 0 Å². The lowest BCUT2D eigenvalue weighted by atomic mass is 10.2. The summed E-state index contributed by atoms with van der Waals surface area (Å²) in [6.07, 6.45) is 1.21. The first-order valence-electron chi connectivity index (χ1n) is 4.89. The molecule has 86 valence electrons. The largest absolute Gasteiger partial charge is 0.374 e. The minimum Gasteiger partial charge on any atom is -0.374 e. The van der Waals surface area contributed by atoms with Crippen molar-refractivity contribution in [1.82, 2.24) is 0 Å². The zero-order chi connectivity index (χ0) is 12.2. The number of benzene rings is 1. The SMILES string of the molecule is CC#CCNc1ccc(S(C)(=O)=O)cc1C. The highest BCUT2D eigenvalue weighted by molar-refractivity contribution is 7.90. The fourth-order valence-corrected chi connectivity index (χ4v) is 2.00. The number of sulfone groups is 1. The van der Waals surface area contributed by atoms with Crippen LogP contribution in [-0.2, 0) is 9.84 Å². The second kappa shape index (κ2) is 5.04. The third-order valence-corrected chi connectivity index (χ3v) is 3.28. The van der Waals surface area contributed by atoms with Crippen LogP contribution in [-0.4, -0.2) is 21.2 Å². The molecule has 1 N–H and O–H groups in total. The van der Waals surface area contributed by atoms with Gasteiger partial charge < -0.3 is 5.32 Å². The lowest BCUT2D eigenvalue weighted by molar-refractivity contribution is 0.602. The molecule has 0 spiro atoms. The molecule has 16 heavy (non-hydrogen) atoms. The Balaban J connectivity index is 2.95. The van der Waals surface area contributed by atoms with Crippen LogP contribution in [0.15, 0.2) is 23.1 Å². The van der Waals surface area contributed by atoms with Gasteiger partial charge in [0.1, 0.15) is 0 Å². The van der Waals surface area contributed by atoms with Crippen molar-refractivity contribution < 1.29 is 8.42 Å². The van der Waals surface area contributed by atoms with Gasteiger partial charge in [0.2, 0.25) is 0 Å². The van der Waals surface area contributed by atoms with Crippen LogP contribution in [0.2, 0.25) is 0 Å². The van der Waals surface area contributed by atoms with Gasteiger partial charge in [-0.2, -0.15) is 0 Å². The summed E-state index contributed by atoms with van der Waals surface area (Å²) in [5.74, 6) is 5.67. The van der Waals surface area contributed by atoms with Gasteiger partial charge >= 0.3 is 0 Å². The summed E-state index contributed by atoms with van der Waals surface area (Å²) >= 11 is 0. The molecule has 0 atom stereocenters. The van der Waals surface area contributed by atoms with Crippen LogP contribution in [0.5, 0.6) is 0 Å². The quantitative estimate of drug-likeness (QED) is 0.816. The molecule has 0 amide bonds. The van der Waals surface area contributed by atoms with E-state index in [-0.39, 0.29) is 0 Å². The lowest BCUT2D eigenvalue weighted by Gasteiger charge is -2.08. The van der Waals surface area contributed by atoms with E-state index in [0.717, 1.165) is 11.3 Å². The molecule has 0 aromatic heterocycles. The highest BCUT2D eigenvalue weighted by atomic mass is 32.2. The second-order valence-electron chi connectivity index (χ2n) is 3.53. The minimum atomic E-state index is -3.12. The number of hydrogen-bond acceptors (Lipinski definition) is 3. The topological polar surface area (TPSA) is 46.2 Å². The van der Waals surface area contributed by atoms with Crippen LogP contribution in [0.4, 0.5) is 5.69 Å². The Hall–Kier alpha value is -1.47. The average Bonchev–Trinajstić information content (AvgIpc) is 2.19. The molecule has 0 aliphatic rings. The fraction of sp³-hybridized carbons (Fsp3) is 0.333. The zero-order valence-electron chi connectivity index (χ0n) is 9.66. The third-order valence-electron chi connectivity index (χ3n) is 2.17. The Morgan fingerprint density at radius 2 is 2.06 bits per heavy atom. The van der Waals surface area contributed by atoms with Crippen LogP contribution in [0, 0.1) is 18.8 Å². The molecule has 0 saturated carbocycles. The zero-order valence-corrected chi connectivity index (χ0v) is 10.5. The van der Waals surface area contributed by atoms with E-state index in [0.29, 0.717) is 11.4 Å². The van der Waals surface area contributed by atoms with Crippen molar-refractivity contribution in [1.29, 1.82) is 0 Å². The first kappa shape index (κ1) is 12.6. The van der Waals surface area contributed by atoms with Crippen LogP contribution in [0.3, 0.4) is 0 Å². The first-order chi connectivity index (χ1) is 7.45. The van der Waals surface area contributed by atoms with E-state index in [4.69, 9.17) is 0 Å². The lowest BCUT2D eigenvalue weighted by Crippen LogP contribution is -2.03. The van der Waals surface area contributed by atoms with Crippen molar-refractivity contribution in [2.75, 3.05) is 18.1 Å². The number of aryl methyl sites for hydroxylation is 1. The molecular formula is C12H15NO2S. The van der Waals surface area contributed by atoms with E-state index in [1.165, 1.54) is 6.26 Å². The van der Waals surface area contributed by atoms with E-state index in [9.17, 15) is 8.42 Å². The van der Waals surface area contributed by atoms with Crippen LogP contribution in [0.1, 0.15) is 12.5 Å². The fourth-order valence-electron chi connectivity index (χ4n) is 1.29. The summed E-state index contributed by atoms with van der Waals surface area (Å²) in [5.41, 5.74) is 1.82. The van der Waals surface area contributed by atoms with Gasteiger partial charge in [-0.05, 0) is 37.6 Å². The number of nitrogens with one attached hydrogen (secondary N) is 1. The van der Waals surface area contributed by atoms with E-state index in [1.807, 2.05) is 6.92 Å². The van der Waals surface area contributed by atoms with E-state index in [1.54, 1.807) is 25.1 Å². The van der Waals surface area contributed by atoms with E-state index < -0.39 is 9.84 Å². The molecule has 0 aliphatic carbocycles. The summed E-state index contributed by atoms with van der Waals surface area (Å²) in [6, 6.07) is 5.03. The molecule has 0 fully saturated rings. The molecule has 3 nitrogen and oxygen atoms in total. The highest BCUT2D eigenvalue weighted by Crippen LogP contribution is 2.19. The Labute approximate surface area is 96.8 Å². The molecule has 1 aromatic carbocycles. The average molecular weight is 237 g/mol. The predicted molar refractivity (Wildman–Crippen MR) is 66.2 cm³/mol. The van der Waals surface area contributed by atoms with E-state index >= 15 is 0 Å². The van der Waals surface area contributed by atoms with Crippen LogP contribution < -0.4 is 5.32 Å². The summed E-state index contributed by atoms with van der Waals surface area (Å²) in [4.78, 5) is 0.345. The molecule has 0 radical (unpaired) electrons. The molecule has 4 heteroatoms. The predicted octanol–water partition coefficient (Wildman–Crippen LogP) is 1.83. The first-order valence-corrected chi connectivity index (χ1v) is 6.78. The van der Waals surface area contributed by atoms with Crippen molar-refractivity contribution in [3.05, 3.63) is 23.8 Å². The van der Waals surface area contributed by atoms with Crippen molar-refractivity contribution in [2.45, 2.75) is 18.7 Å². The van der Waals surface area contributed by atoms with Gasteiger partial charge in [0.25, 0.3) is 0 Å². The summed E-state index contributed by atoms with van der Waals surface area (Å²) in [6.45, 7) is 4.22. The normalized spacial score (nSPS) is 10.4. The van der Waals surface area contributed by atoms with Crippen LogP contribution in [0.25, 0.3) is 0 Å². The second-order valence-corrected chi connectivity index (χ2v) is 5.54. The van der Waals surface area contributed by atoms with Gasteiger partial charge in [0, 0.05) is 11.9 Å². The summed E-state index contributed by atoms with van der Waals surface area (Å²) < 4.78 is 22.6. The standard InChI is InChI=1S/C12H15NO2S/c1-4-5-8-13-12-7-6-11(9-10(12)2)16(3,14)15/h6-7,9,13H,8H2,1-3H3. The smallest absolute Gasteiger partial charge is 0.175 e. The molecule has 1 rings (SSSR count). The van der Waals surface area contributed by atoms with Gasteiger partial charge in [0.05, 0.1) is 11.4 Å². The molecule has 0 heterocycles. The molecular weight excluding hydrogens is 222 g/mol. The Bertz CT molecular complexity index is 536. The van der Waals surface area contributed by atoms with E-state index in [2.05, 4.69) is 17.2 Å². The minimum absolute atomic E-state index is 0.345. The van der Waals surface area contributed by atoms with Gasteiger partial charge in [-0.15, -0.1) is 5.92 Å². The van der Waals surface area contributed by atoms with Crippen molar-refractivity contribution in [2.24, 2.45) is 0 Å². The van der Waals surface area contributed by atoms with Crippen molar-refractivity contribution >= 4 is 15.5 Å². The van der Waals surface area contributed by atoms with Gasteiger partial charge in [0.15, 0.2) is 9.84 Å². The van der Waals surface area contributed by atoms with Crippen molar-refractivity contribution in [3.63, 3.8) is 0 Å². The van der Waals surface area contributed by atoms with Gasteiger partial charge in [-0.1, -0.05) is 5.92 Å². The monoisotopic (exact) mass is 237 g/mol. The highest BCUT2D eigenvalue weighted by Gasteiger charge is 2.08. The number of hydrogen-bond donors (Lipinski definition) is 1. The Morgan fingerprint density at radius 1 is 1.38 bits per heavy atom. The third kappa shape index (κ3) is 3.28. The van der Waals surface area contributed by atoms with Gasteiger partial charge in [-0.25, -0.2) is 8.42 Å². The Morgan fingerprint density at radius 3 is 2.56 bits per heavy atom. The molecule has 0 bridgehead atoms. The number of anilines is 1. The maximum absolute atomic E-state index is 11.3. The Kier molecular flexibility index (Phi) is 3.97. The molecule has 0 unspecified atom stereocenters. The molecule has 0 saturated heterocycles. The van der Waals surface area contributed by atoms with Gasteiger partial charge in [-0.3, -0.25) is 0 Å². The molecule has 0 aliphatic heterocycles. The summed E-state index contributed by atoms with van der Waals surface area (Å²) in [5, 5.41) is 3.12. The maximum atomic E-state index is 11.3.